The van der Waals surface area contributed by atoms with Crippen LogP contribution in [0, 0.1) is 0 Å². The fraction of sp³-hybridized carbons (Fsp3) is 0.732. The van der Waals surface area contributed by atoms with Crippen molar-refractivity contribution < 1.29 is 28.6 Å². The van der Waals surface area contributed by atoms with E-state index in [1.807, 2.05) is 0 Å². The van der Waals surface area contributed by atoms with E-state index in [9.17, 15) is 14.4 Å². The number of rotatable bonds is 46. The van der Waals surface area contributed by atoms with E-state index < -0.39 is 6.10 Å². The molecule has 1 atom stereocenters. The lowest BCUT2D eigenvalue weighted by Gasteiger charge is -2.18. The molecular formula is C56H96O6. The third-order valence-electron chi connectivity index (χ3n) is 10.9. The maximum absolute atomic E-state index is 12.7. The van der Waals surface area contributed by atoms with E-state index in [2.05, 4.69) is 93.7 Å². The molecule has 0 aromatic carbocycles. The monoisotopic (exact) mass is 865 g/mol. The molecule has 0 amide bonds. The van der Waals surface area contributed by atoms with Crippen molar-refractivity contribution in [1.29, 1.82) is 0 Å². The minimum atomic E-state index is -0.784. The van der Waals surface area contributed by atoms with Crippen LogP contribution < -0.4 is 0 Å². The molecule has 0 spiro atoms. The molecule has 6 nitrogen and oxygen atoms in total. The average Bonchev–Trinajstić information content (AvgIpc) is 3.27. The fourth-order valence-corrected chi connectivity index (χ4v) is 7.05. The molecule has 1 unspecified atom stereocenters. The van der Waals surface area contributed by atoms with Gasteiger partial charge in [0.05, 0.1) is 0 Å². The van der Waals surface area contributed by atoms with Crippen molar-refractivity contribution in [3.63, 3.8) is 0 Å². The number of esters is 3. The number of hydrogen-bond donors (Lipinski definition) is 0. The summed E-state index contributed by atoms with van der Waals surface area (Å²) < 4.78 is 16.7. The van der Waals surface area contributed by atoms with Crippen molar-refractivity contribution in [2.45, 2.75) is 252 Å². The van der Waals surface area contributed by atoms with Gasteiger partial charge < -0.3 is 14.2 Å². The normalized spacial score (nSPS) is 12.6. The number of carbonyl (C=O) groups is 3. The average molecular weight is 865 g/mol. The zero-order valence-electron chi connectivity index (χ0n) is 40.6. The summed E-state index contributed by atoms with van der Waals surface area (Å²) in [6.07, 6.45) is 63.4. The third kappa shape index (κ3) is 47.9. The van der Waals surface area contributed by atoms with Gasteiger partial charge in [-0.15, -0.1) is 0 Å². The third-order valence-corrected chi connectivity index (χ3v) is 10.9. The lowest BCUT2D eigenvalue weighted by atomic mass is 10.1. The highest BCUT2D eigenvalue weighted by Crippen LogP contribution is 2.14. The van der Waals surface area contributed by atoms with Gasteiger partial charge in [0.25, 0.3) is 0 Å². The van der Waals surface area contributed by atoms with Crippen molar-refractivity contribution in [2.24, 2.45) is 0 Å². The first-order chi connectivity index (χ1) is 30.5. The van der Waals surface area contributed by atoms with Crippen LogP contribution in [0.5, 0.6) is 0 Å². The molecule has 0 radical (unpaired) electrons. The van der Waals surface area contributed by atoms with Crippen LogP contribution in [-0.4, -0.2) is 37.2 Å². The quantitative estimate of drug-likeness (QED) is 0.0262. The largest absolute Gasteiger partial charge is 0.462 e. The summed E-state index contributed by atoms with van der Waals surface area (Å²) in [5.74, 6) is -0.919. The summed E-state index contributed by atoms with van der Waals surface area (Å²) in [6, 6.07) is 0. The van der Waals surface area contributed by atoms with E-state index in [0.29, 0.717) is 19.3 Å². The van der Waals surface area contributed by atoms with Crippen LogP contribution in [0.25, 0.3) is 0 Å². The molecule has 0 aliphatic heterocycles. The Balaban J connectivity index is 4.21. The van der Waals surface area contributed by atoms with Crippen molar-refractivity contribution in [1.82, 2.24) is 0 Å². The van der Waals surface area contributed by atoms with Crippen LogP contribution in [0.2, 0.25) is 0 Å². The zero-order valence-corrected chi connectivity index (χ0v) is 40.6. The van der Waals surface area contributed by atoms with E-state index in [0.717, 1.165) is 116 Å². The summed E-state index contributed by atoms with van der Waals surface area (Å²) in [7, 11) is 0. The second-order valence-electron chi connectivity index (χ2n) is 17.1. The van der Waals surface area contributed by atoms with Crippen molar-refractivity contribution in [3.8, 4) is 0 Å². The lowest BCUT2D eigenvalue weighted by molar-refractivity contribution is -0.167. The van der Waals surface area contributed by atoms with E-state index in [-0.39, 0.29) is 31.1 Å². The molecule has 0 saturated carbocycles. The first kappa shape index (κ1) is 58.9. The molecule has 0 heterocycles. The Bertz CT molecular complexity index is 1180. The van der Waals surface area contributed by atoms with Gasteiger partial charge >= 0.3 is 17.9 Å². The van der Waals surface area contributed by atoms with Crippen LogP contribution >= 0.6 is 0 Å². The van der Waals surface area contributed by atoms with Crippen molar-refractivity contribution >= 4 is 17.9 Å². The van der Waals surface area contributed by atoms with Crippen LogP contribution in [0.1, 0.15) is 245 Å². The molecule has 0 N–H and O–H groups in total. The van der Waals surface area contributed by atoms with Crippen LogP contribution in [-0.2, 0) is 28.6 Å². The van der Waals surface area contributed by atoms with Gasteiger partial charge in [-0.1, -0.05) is 209 Å². The van der Waals surface area contributed by atoms with Gasteiger partial charge in [0, 0.05) is 19.3 Å². The first-order valence-electron chi connectivity index (χ1n) is 25.9. The van der Waals surface area contributed by atoms with Gasteiger partial charge in [0.15, 0.2) is 6.10 Å². The first-order valence-corrected chi connectivity index (χ1v) is 25.9. The van der Waals surface area contributed by atoms with Gasteiger partial charge in [-0.2, -0.15) is 0 Å². The Morgan fingerprint density at radius 3 is 0.984 bits per heavy atom. The highest BCUT2D eigenvalue weighted by molar-refractivity contribution is 5.71. The second-order valence-corrected chi connectivity index (χ2v) is 17.1. The van der Waals surface area contributed by atoms with Crippen LogP contribution in [0.15, 0.2) is 72.9 Å². The van der Waals surface area contributed by atoms with Gasteiger partial charge in [-0.3, -0.25) is 14.4 Å². The molecule has 0 fully saturated rings. The van der Waals surface area contributed by atoms with Gasteiger partial charge in [0.2, 0.25) is 0 Å². The molecule has 0 aromatic rings. The van der Waals surface area contributed by atoms with E-state index in [1.165, 1.54) is 89.9 Å². The number of hydrogen-bond acceptors (Lipinski definition) is 6. The highest BCUT2D eigenvalue weighted by Gasteiger charge is 2.19. The Kier molecular flexibility index (Phi) is 47.9. The Hall–Kier alpha value is -3.15. The molecule has 0 aliphatic rings. The lowest BCUT2D eigenvalue weighted by Crippen LogP contribution is -2.30. The minimum Gasteiger partial charge on any atom is -0.462 e. The highest BCUT2D eigenvalue weighted by atomic mass is 16.6. The van der Waals surface area contributed by atoms with Crippen molar-refractivity contribution in [2.75, 3.05) is 13.2 Å². The van der Waals surface area contributed by atoms with E-state index >= 15 is 0 Å². The van der Waals surface area contributed by atoms with Gasteiger partial charge in [-0.05, 0) is 89.9 Å². The molecule has 6 heteroatoms. The molecule has 356 valence electrons. The van der Waals surface area contributed by atoms with Crippen LogP contribution in [0.4, 0.5) is 0 Å². The Morgan fingerprint density at radius 2 is 0.629 bits per heavy atom. The minimum absolute atomic E-state index is 0.0853. The molecule has 62 heavy (non-hydrogen) atoms. The molecule has 0 aromatic heterocycles. The number of allylic oxidation sites excluding steroid dienone is 12. The molecule has 0 saturated heterocycles. The summed E-state index contributed by atoms with van der Waals surface area (Å²) in [5.41, 5.74) is 0. The summed E-state index contributed by atoms with van der Waals surface area (Å²) in [4.78, 5) is 37.7. The standard InChI is InChI=1S/C56H96O6/c1-4-7-10-13-16-18-20-22-24-25-26-27-28-29-30-31-33-34-36-38-40-43-46-49-55(58)61-52-53(51-60-54(57)48-45-42-15-12-9-6-3)62-56(59)50-47-44-41-39-37-35-32-23-21-19-17-14-11-8-5-2/h8,11,17,19-20,22-23,25-26,28-29,32,53H,4-7,9-10,12-16,18,21,24,27,30-31,33-52H2,1-3H3/b11-8-,19-17-,22-20-,26-25-,29-28-,32-23-. The predicted molar refractivity (Wildman–Crippen MR) is 265 cm³/mol. The number of unbranched alkanes of at least 4 members (excludes halogenated alkanes) is 23. The number of carbonyl (C=O) groups excluding carboxylic acids is 3. The Morgan fingerprint density at radius 1 is 0.339 bits per heavy atom. The van der Waals surface area contributed by atoms with Gasteiger partial charge in [0.1, 0.15) is 13.2 Å². The van der Waals surface area contributed by atoms with Crippen LogP contribution in [0.3, 0.4) is 0 Å². The molecule has 0 rings (SSSR count). The topological polar surface area (TPSA) is 78.9 Å². The smallest absolute Gasteiger partial charge is 0.306 e. The summed E-state index contributed by atoms with van der Waals surface area (Å²) >= 11 is 0. The van der Waals surface area contributed by atoms with E-state index in [1.54, 1.807) is 0 Å². The van der Waals surface area contributed by atoms with Crippen molar-refractivity contribution in [3.05, 3.63) is 72.9 Å². The molecule has 0 bridgehead atoms. The predicted octanol–water partition coefficient (Wildman–Crippen LogP) is 17.0. The maximum Gasteiger partial charge on any atom is 0.306 e. The maximum atomic E-state index is 12.7. The summed E-state index contributed by atoms with van der Waals surface area (Å²) in [5, 5.41) is 0. The zero-order chi connectivity index (χ0) is 45.1. The molecule has 0 aliphatic carbocycles. The fourth-order valence-electron chi connectivity index (χ4n) is 7.05. The number of ether oxygens (including phenoxy) is 3. The van der Waals surface area contributed by atoms with E-state index in [4.69, 9.17) is 14.2 Å². The Labute approximate surface area is 382 Å². The second kappa shape index (κ2) is 50.5. The van der Waals surface area contributed by atoms with Gasteiger partial charge in [-0.25, -0.2) is 0 Å². The molecular weight excluding hydrogens is 769 g/mol. The summed E-state index contributed by atoms with van der Waals surface area (Å²) in [6.45, 7) is 6.43. The SMILES string of the molecule is CC/C=C\C/C=C\C/C=C\CCCCCCCC(=O)OC(COC(=O)CCCCCCCC)COC(=O)CCCCCCCCCC/C=C\C/C=C\C/C=C\CCCCCCC.